The number of thioether (sulfide) groups is 1. The molecule has 1 saturated carbocycles. The summed E-state index contributed by atoms with van der Waals surface area (Å²) in [5.74, 6) is 1.20. The summed E-state index contributed by atoms with van der Waals surface area (Å²) in [4.78, 5) is 16.5. The van der Waals surface area contributed by atoms with Gasteiger partial charge in [0, 0.05) is 23.4 Å². The lowest BCUT2D eigenvalue weighted by molar-refractivity contribution is -0.115. The van der Waals surface area contributed by atoms with E-state index in [2.05, 4.69) is 20.5 Å². The van der Waals surface area contributed by atoms with Crippen molar-refractivity contribution in [2.45, 2.75) is 42.9 Å². The molecule has 2 aromatic heterocycles. The van der Waals surface area contributed by atoms with E-state index in [0.717, 1.165) is 16.3 Å². The zero-order chi connectivity index (χ0) is 14.8. The Morgan fingerprint density at radius 3 is 2.95 bits per heavy atom. The van der Waals surface area contributed by atoms with Gasteiger partial charge < -0.3 is 5.32 Å². The topological polar surface area (TPSA) is 70.7 Å². The van der Waals surface area contributed by atoms with E-state index >= 15 is 0 Å². The van der Waals surface area contributed by atoms with Gasteiger partial charge >= 0.3 is 0 Å². The molecule has 6 heteroatoms. The van der Waals surface area contributed by atoms with Gasteiger partial charge in [0.15, 0.2) is 5.82 Å². The summed E-state index contributed by atoms with van der Waals surface area (Å²) in [5.41, 5.74) is 2.22. The lowest BCUT2D eigenvalue weighted by Crippen LogP contribution is -2.23. The van der Waals surface area contributed by atoms with Crippen molar-refractivity contribution >= 4 is 23.5 Å². The molecule has 1 amide bonds. The molecule has 0 saturated heterocycles. The highest BCUT2D eigenvalue weighted by Gasteiger charge is 2.28. The fraction of sp³-hybridized carbons (Fsp3) is 0.400. The zero-order valence-corrected chi connectivity index (χ0v) is 12.9. The Bertz CT molecular complexity index is 636. The van der Waals surface area contributed by atoms with Crippen molar-refractivity contribution in [2.24, 2.45) is 0 Å². The van der Waals surface area contributed by atoms with Crippen molar-refractivity contribution in [3.63, 3.8) is 0 Å². The van der Waals surface area contributed by atoms with E-state index in [-0.39, 0.29) is 11.2 Å². The fourth-order valence-corrected chi connectivity index (χ4v) is 2.98. The summed E-state index contributed by atoms with van der Waals surface area (Å²) in [5, 5.41) is 10.8. The quantitative estimate of drug-likeness (QED) is 0.833. The van der Waals surface area contributed by atoms with Gasteiger partial charge in [-0.2, -0.15) is 5.10 Å². The fourth-order valence-electron chi connectivity index (χ4n) is 2.17. The van der Waals surface area contributed by atoms with Crippen molar-refractivity contribution in [3.8, 4) is 0 Å². The zero-order valence-electron chi connectivity index (χ0n) is 12.1. The van der Waals surface area contributed by atoms with Crippen molar-refractivity contribution in [1.82, 2.24) is 15.2 Å². The van der Waals surface area contributed by atoms with Crippen LogP contribution in [0.3, 0.4) is 0 Å². The lowest BCUT2D eigenvalue weighted by atomic mass is 10.2. The minimum absolute atomic E-state index is 0.0531. The average molecular weight is 302 g/mol. The molecule has 1 aliphatic rings. The van der Waals surface area contributed by atoms with E-state index in [0.29, 0.717) is 11.7 Å². The molecule has 0 aliphatic heterocycles. The maximum atomic E-state index is 12.3. The third-order valence-electron chi connectivity index (χ3n) is 3.58. The first kappa shape index (κ1) is 14.1. The minimum Gasteiger partial charge on any atom is -0.308 e. The van der Waals surface area contributed by atoms with Crippen LogP contribution < -0.4 is 5.32 Å². The van der Waals surface area contributed by atoms with Gasteiger partial charge in [-0.3, -0.25) is 9.89 Å². The monoisotopic (exact) mass is 302 g/mol. The highest BCUT2D eigenvalue weighted by atomic mass is 32.2. The molecule has 0 aromatic carbocycles. The molecule has 2 heterocycles. The van der Waals surface area contributed by atoms with Gasteiger partial charge in [0.1, 0.15) is 0 Å². The number of nitrogens with one attached hydrogen (secondary N) is 2. The maximum absolute atomic E-state index is 12.3. The molecule has 1 unspecified atom stereocenters. The van der Waals surface area contributed by atoms with E-state index in [1.807, 2.05) is 32.0 Å². The van der Waals surface area contributed by atoms with E-state index in [9.17, 15) is 4.79 Å². The number of rotatable bonds is 5. The first-order valence-corrected chi connectivity index (χ1v) is 7.96. The Morgan fingerprint density at radius 1 is 1.48 bits per heavy atom. The number of hydrogen-bond donors (Lipinski definition) is 2. The Hall–Kier alpha value is -1.82. The first-order valence-electron chi connectivity index (χ1n) is 7.08. The molecule has 1 atom stereocenters. The molecule has 0 radical (unpaired) electrons. The van der Waals surface area contributed by atoms with E-state index < -0.39 is 0 Å². The van der Waals surface area contributed by atoms with Gasteiger partial charge in [-0.05, 0) is 38.8 Å². The van der Waals surface area contributed by atoms with Crippen LogP contribution in [0.4, 0.5) is 5.82 Å². The summed E-state index contributed by atoms with van der Waals surface area (Å²) in [6.45, 7) is 3.88. The second-order valence-corrected chi connectivity index (χ2v) is 6.66. The van der Waals surface area contributed by atoms with Gasteiger partial charge in [-0.25, -0.2) is 4.98 Å². The molecular weight excluding hydrogens is 284 g/mol. The number of carbonyl (C=O) groups excluding carboxylic acids is 1. The van der Waals surface area contributed by atoms with Crippen molar-refractivity contribution in [2.75, 3.05) is 5.32 Å². The van der Waals surface area contributed by atoms with Crippen LogP contribution in [0.15, 0.2) is 29.4 Å². The predicted molar refractivity (Wildman–Crippen MR) is 83.5 cm³/mol. The Kier molecular flexibility index (Phi) is 3.96. The number of nitrogens with zero attached hydrogens (tertiary/aromatic N) is 2. The molecular formula is C15H18N4OS. The highest BCUT2D eigenvalue weighted by Crippen LogP contribution is 2.41. The highest BCUT2D eigenvalue weighted by molar-refractivity contribution is 8.00. The molecule has 0 bridgehead atoms. The van der Waals surface area contributed by atoms with Gasteiger partial charge in [-0.1, -0.05) is 17.8 Å². The van der Waals surface area contributed by atoms with E-state index in [1.54, 1.807) is 6.20 Å². The van der Waals surface area contributed by atoms with Gasteiger partial charge in [0.25, 0.3) is 0 Å². The van der Waals surface area contributed by atoms with Crippen molar-refractivity contribution in [1.29, 1.82) is 0 Å². The van der Waals surface area contributed by atoms with Crippen LogP contribution in [0, 0.1) is 6.92 Å². The largest absolute Gasteiger partial charge is 0.308 e. The SMILES string of the molecule is Cc1c(NC(=O)C(C)Sc2ccccn2)n[nH]c1C1CC1. The normalized spacial score (nSPS) is 15.7. The number of carbonyl (C=O) groups is 1. The second-order valence-electron chi connectivity index (χ2n) is 5.30. The molecule has 110 valence electrons. The number of aromatic nitrogens is 3. The maximum Gasteiger partial charge on any atom is 0.238 e. The smallest absolute Gasteiger partial charge is 0.238 e. The van der Waals surface area contributed by atoms with Gasteiger partial charge in [0.05, 0.1) is 10.3 Å². The second kappa shape index (κ2) is 5.89. The van der Waals surface area contributed by atoms with Crippen LogP contribution in [0.1, 0.15) is 36.9 Å². The van der Waals surface area contributed by atoms with Crippen LogP contribution >= 0.6 is 11.8 Å². The van der Waals surface area contributed by atoms with Gasteiger partial charge in [-0.15, -0.1) is 0 Å². The van der Waals surface area contributed by atoms with Crippen LogP contribution in [0.2, 0.25) is 0 Å². The summed E-state index contributed by atoms with van der Waals surface area (Å²) in [6, 6.07) is 5.68. The number of H-pyrrole nitrogens is 1. The third-order valence-corrected chi connectivity index (χ3v) is 4.63. The molecule has 1 fully saturated rings. The van der Waals surface area contributed by atoms with Crippen LogP contribution in [-0.4, -0.2) is 26.3 Å². The van der Waals surface area contributed by atoms with Crippen molar-refractivity contribution < 1.29 is 4.79 Å². The number of anilines is 1. The number of pyridine rings is 1. The van der Waals surface area contributed by atoms with Gasteiger partial charge in [0.2, 0.25) is 5.91 Å². The summed E-state index contributed by atoms with van der Waals surface area (Å²) in [6.07, 6.45) is 4.15. The number of amides is 1. The summed E-state index contributed by atoms with van der Waals surface area (Å²) in [7, 11) is 0. The molecule has 3 rings (SSSR count). The average Bonchev–Trinajstić information content (AvgIpc) is 3.26. The first-order chi connectivity index (χ1) is 10.1. The molecule has 1 aliphatic carbocycles. The Labute approximate surface area is 127 Å². The summed E-state index contributed by atoms with van der Waals surface area (Å²) >= 11 is 1.44. The molecule has 2 N–H and O–H groups in total. The number of hydrogen-bond acceptors (Lipinski definition) is 4. The van der Waals surface area contributed by atoms with Crippen LogP contribution in [0.5, 0.6) is 0 Å². The molecule has 0 spiro atoms. The third kappa shape index (κ3) is 3.26. The van der Waals surface area contributed by atoms with Crippen LogP contribution in [-0.2, 0) is 4.79 Å². The molecule has 2 aromatic rings. The van der Waals surface area contributed by atoms with E-state index in [4.69, 9.17) is 0 Å². The molecule has 21 heavy (non-hydrogen) atoms. The Morgan fingerprint density at radius 2 is 2.29 bits per heavy atom. The Balaban J connectivity index is 1.63. The number of aromatic amines is 1. The van der Waals surface area contributed by atoms with Crippen molar-refractivity contribution in [3.05, 3.63) is 35.7 Å². The van der Waals surface area contributed by atoms with Crippen LogP contribution in [0.25, 0.3) is 0 Å². The van der Waals surface area contributed by atoms with E-state index in [1.165, 1.54) is 24.6 Å². The predicted octanol–water partition coefficient (Wildman–Crippen LogP) is 3.11. The molecule has 5 nitrogen and oxygen atoms in total. The standard InChI is InChI=1S/C15H18N4OS/c1-9-13(11-6-7-11)18-19-14(9)17-15(20)10(2)21-12-5-3-4-8-16-12/h3-5,8,10-11H,6-7H2,1-2H3,(H2,17,18,19,20). The minimum atomic E-state index is -0.222. The summed E-state index contributed by atoms with van der Waals surface area (Å²) < 4.78 is 0. The lowest BCUT2D eigenvalue weighted by Gasteiger charge is -2.10.